The Bertz CT molecular complexity index is 2670. The first-order chi connectivity index (χ1) is 39.5. The third-order valence-corrected chi connectivity index (χ3v) is 14.2. The van der Waals surface area contributed by atoms with Gasteiger partial charge in [-0.1, -0.05) is 243 Å². The normalized spacial score (nSPS) is 22.7. The van der Waals surface area contributed by atoms with Crippen LogP contribution in [0.2, 0.25) is 0 Å². The first-order valence-corrected chi connectivity index (χ1v) is 28.0. The molecule has 0 spiro atoms. The molecule has 2 heterocycles. The van der Waals surface area contributed by atoms with E-state index in [4.69, 9.17) is 47.4 Å². The second kappa shape index (κ2) is 32.0. The summed E-state index contributed by atoms with van der Waals surface area (Å²) >= 11 is 0. The van der Waals surface area contributed by atoms with Crippen molar-refractivity contribution in [1.82, 2.24) is 0 Å². The molecule has 10 heteroatoms. The van der Waals surface area contributed by atoms with Crippen molar-refractivity contribution < 1.29 is 47.4 Å². The van der Waals surface area contributed by atoms with E-state index in [9.17, 15) is 0 Å². The van der Waals surface area contributed by atoms with Crippen LogP contribution in [0, 0.1) is 0 Å². The summed E-state index contributed by atoms with van der Waals surface area (Å²) in [5.41, 5.74) is 8.83. The van der Waals surface area contributed by atoms with Crippen molar-refractivity contribution in [2.75, 3.05) is 13.2 Å². The SMILES string of the molecule is C[C@@H]1O[C@H](COCc2ccccc2)[C@@H](OCc2ccccc2)[C@H](OCc2ccccc2)[C@H]1OCc1ccccc1.C[C@@H]1O[C@H](COCc2ccccc2)[C@H](OCc2ccccc2)[C@H](OCc2ccccc2)[C@H]1OCc1ccccc1. The van der Waals surface area contributed by atoms with Crippen LogP contribution in [0.25, 0.3) is 0 Å². The van der Waals surface area contributed by atoms with Crippen LogP contribution >= 0.6 is 0 Å². The Hall–Kier alpha value is -6.64. The lowest BCUT2D eigenvalue weighted by atomic mass is 9.94. The molecular formula is C70H76O10. The molecule has 80 heavy (non-hydrogen) atoms. The lowest BCUT2D eigenvalue weighted by Gasteiger charge is -2.45. The topological polar surface area (TPSA) is 92.3 Å². The molecule has 416 valence electrons. The number of hydrogen-bond donors (Lipinski definition) is 0. The third-order valence-electron chi connectivity index (χ3n) is 14.2. The van der Waals surface area contributed by atoms with Crippen molar-refractivity contribution >= 4 is 0 Å². The van der Waals surface area contributed by atoms with Gasteiger partial charge in [-0.15, -0.1) is 0 Å². The Morgan fingerprint density at radius 1 is 0.237 bits per heavy atom. The maximum atomic E-state index is 6.65. The number of rotatable bonds is 26. The summed E-state index contributed by atoms with van der Waals surface area (Å²) in [5, 5.41) is 0. The van der Waals surface area contributed by atoms with E-state index < -0.39 is 12.2 Å². The van der Waals surface area contributed by atoms with Crippen LogP contribution in [0.15, 0.2) is 243 Å². The molecule has 10 rings (SSSR count). The Labute approximate surface area is 473 Å². The quantitative estimate of drug-likeness (QED) is 0.0522. The Morgan fingerprint density at radius 3 is 0.650 bits per heavy atom. The summed E-state index contributed by atoms with van der Waals surface area (Å²) < 4.78 is 65.0. The lowest BCUT2D eigenvalue weighted by molar-refractivity contribution is -0.269. The van der Waals surface area contributed by atoms with Crippen molar-refractivity contribution in [2.24, 2.45) is 0 Å². The summed E-state index contributed by atoms with van der Waals surface area (Å²) in [5.74, 6) is 0. The molecule has 10 atom stereocenters. The first-order valence-electron chi connectivity index (χ1n) is 28.0. The third kappa shape index (κ3) is 18.2. The molecule has 0 N–H and O–H groups in total. The van der Waals surface area contributed by atoms with Gasteiger partial charge in [-0.25, -0.2) is 0 Å². The number of benzene rings is 8. The van der Waals surface area contributed by atoms with E-state index in [2.05, 4.69) is 97.1 Å². The Balaban J connectivity index is 0.000000194. The minimum atomic E-state index is -0.392. The van der Waals surface area contributed by atoms with Gasteiger partial charge in [0, 0.05) is 0 Å². The van der Waals surface area contributed by atoms with Gasteiger partial charge in [0.15, 0.2) is 0 Å². The highest BCUT2D eigenvalue weighted by Crippen LogP contribution is 2.33. The minimum Gasteiger partial charge on any atom is -0.374 e. The molecule has 0 aromatic heterocycles. The molecule has 0 saturated carbocycles. The maximum absolute atomic E-state index is 6.65. The highest BCUT2D eigenvalue weighted by molar-refractivity contribution is 5.20. The van der Waals surface area contributed by atoms with Crippen molar-refractivity contribution in [3.8, 4) is 0 Å². The van der Waals surface area contributed by atoms with Crippen molar-refractivity contribution in [3.63, 3.8) is 0 Å². The standard InChI is InChI=1S/2C35H38O5/c2*1-27-33(37-23-29-16-8-3-9-17-29)35(39-25-31-20-12-5-13-21-31)34(38-24-30-18-10-4-11-19-30)32(40-27)26-36-22-28-14-6-2-7-15-28/h2*2-21,27,32-35H,22-26H2,1H3/t27-,32+,33-,34+,35+;27-,32+,33-,34-,35+/m00/s1. The van der Waals surface area contributed by atoms with Crippen LogP contribution in [0.3, 0.4) is 0 Å². The molecule has 8 aromatic carbocycles. The fraction of sp³-hybridized carbons (Fsp3) is 0.314. The van der Waals surface area contributed by atoms with Gasteiger partial charge < -0.3 is 47.4 Å². The predicted molar refractivity (Wildman–Crippen MR) is 311 cm³/mol. The van der Waals surface area contributed by atoms with Gasteiger partial charge in [0.1, 0.15) is 48.8 Å². The summed E-state index contributed by atoms with van der Waals surface area (Å²) in [4.78, 5) is 0. The van der Waals surface area contributed by atoms with E-state index in [1.807, 2.05) is 159 Å². The molecule has 10 nitrogen and oxygen atoms in total. The van der Waals surface area contributed by atoms with Crippen LogP contribution in [0.4, 0.5) is 0 Å². The van der Waals surface area contributed by atoms with Gasteiger partial charge in [0.05, 0.1) is 78.3 Å². The molecule has 0 bridgehead atoms. The average molecular weight is 1080 g/mol. The highest BCUT2D eigenvalue weighted by Gasteiger charge is 2.48. The van der Waals surface area contributed by atoms with Gasteiger partial charge >= 0.3 is 0 Å². The van der Waals surface area contributed by atoms with E-state index >= 15 is 0 Å². The monoisotopic (exact) mass is 1080 g/mol. The molecule has 0 radical (unpaired) electrons. The first kappa shape index (κ1) is 58.0. The summed E-state index contributed by atoms with van der Waals surface area (Å²) in [7, 11) is 0. The van der Waals surface area contributed by atoms with Gasteiger partial charge in [-0.3, -0.25) is 0 Å². The summed E-state index contributed by atoms with van der Waals surface area (Å²) in [6.45, 7) is 8.58. The predicted octanol–water partition coefficient (Wildman–Crippen LogP) is 13.5. The van der Waals surface area contributed by atoms with Gasteiger partial charge in [-0.2, -0.15) is 0 Å². The lowest BCUT2D eigenvalue weighted by Crippen LogP contribution is -2.60. The zero-order valence-electron chi connectivity index (χ0n) is 46.0. The van der Waals surface area contributed by atoms with E-state index in [1.165, 1.54) is 0 Å². The minimum absolute atomic E-state index is 0.216. The Kier molecular flexibility index (Phi) is 23.2. The van der Waals surface area contributed by atoms with Crippen LogP contribution in [-0.4, -0.2) is 74.3 Å². The van der Waals surface area contributed by atoms with Crippen LogP contribution in [0.1, 0.15) is 58.4 Å². The van der Waals surface area contributed by atoms with Crippen molar-refractivity contribution in [1.29, 1.82) is 0 Å². The molecule has 2 aliphatic heterocycles. The highest BCUT2D eigenvalue weighted by atomic mass is 16.6. The van der Waals surface area contributed by atoms with E-state index in [0.29, 0.717) is 66.1 Å². The zero-order chi connectivity index (χ0) is 54.8. The van der Waals surface area contributed by atoms with Gasteiger partial charge in [0.2, 0.25) is 0 Å². The molecule has 2 aliphatic rings. The van der Waals surface area contributed by atoms with Gasteiger partial charge in [-0.05, 0) is 58.4 Å². The fourth-order valence-corrected chi connectivity index (χ4v) is 10.0. The molecule has 2 saturated heterocycles. The maximum Gasteiger partial charge on any atom is 0.115 e. The smallest absolute Gasteiger partial charge is 0.115 e. The molecule has 8 aromatic rings. The number of hydrogen-bond acceptors (Lipinski definition) is 10. The van der Waals surface area contributed by atoms with E-state index in [-0.39, 0.29) is 48.8 Å². The van der Waals surface area contributed by atoms with Crippen molar-refractivity contribution in [2.45, 2.75) is 128 Å². The fourth-order valence-electron chi connectivity index (χ4n) is 10.0. The van der Waals surface area contributed by atoms with Crippen LogP contribution in [0.5, 0.6) is 0 Å². The molecular weight excluding hydrogens is 1000 g/mol. The second-order valence-corrected chi connectivity index (χ2v) is 20.3. The van der Waals surface area contributed by atoms with Gasteiger partial charge in [0.25, 0.3) is 0 Å². The van der Waals surface area contributed by atoms with E-state index in [1.54, 1.807) is 0 Å². The second-order valence-electron chi connectivity index (χ2n) is 20.3. The Morgan fingerprint density at radius 2 is 0.425 bits per heavy atom. The van der Waals surface area contributed by atoms with Crippen molar-refractivity contribution in [3.05, 3.63) is 287 Å². The zero-order valence-corrected chi connectivity index (χ0v) is 46.0. The molecule has 2 fully saturated rings. The average Bonchev–Trinajstić information content (AvgIpc) is 3.54. The number of ether oxygens (including phenoxy) is 10. The summed E-state index contributed by atoms with van der Waals surface area (Å²) in [6, 6.07) is 81.5. The van der Waals surface area contributed by atoms with E-state index in [0.717, 1.165) is 44.5 Å². The molecule has 0 unspecified atom stereocenters. The molecule has 0 aliphatic carbocycles. The van der Waals surface area contributed by atoms with Crippen LogP contribution < -0.4 is 0 Å². The largest absolute Gasteiger partial charge is 0.374 e. The van der Waals surface area contributed by atoms with Crippen LogP contribution in [-0.2, 0) is 100 Å². The molecule has 0 amide bonds. The summed E-state index contributed by atoms with van der Waals surface area (Å²) in [6.07, 6.45) is -3.22.